The number of nitrogens with one attached hydrogen (secondary N) is 1. The molecule has 0 spiro atoms. The lowest BCUT2D eigenvalue weighted by atomic mass is 9.78. The molecular formula is C15H24N2O3. The largest absolute Gasteiger partial charge is 0.481 e. The molecule has 2 amide bonds. The Morgan fingerprint density at radius 2 is 1.95 bits per heavy atom. The molecule has 0 bridgehead atoms. The van der Waals surface area contributed by atoms with Gasteiger partial charge in [0, 0.05) is 20.0 Å². The van der Waals surface area contributed by atoms with Crippen molar-refractivity contribution < 1.29 is 14.7 Å². The standard InChI is InChI=1S/C15H24N2O3/c1-3-4-8-11-16-14(20)17(2)15(12-13(18)19)9-6-5-7-10-15/h5-12H2,1-2H3,(H,16,20)(H,18,19). The van der Waals surface area contributed by atoms with Crippen LogP contribution in [0.25, 0.3) is 0 Å². The Labute approximate surface area is 120 Å². The first-order valence-electron chi connectivity index (χ1n) is 7.15. The van der Waals surface area contributed by atoms with E-state index in [-0.39, 0.29) is 12.5 Å². The van der Waals surface area contributed by atoms with E-state index in [0.29, 0.717) is 13.0 Å². The molecule has 112 valence electrons. The van der Waals surface area contributed by atoms with E-state index in [9.17, 15) is 9.59 Å². The molecule has 0 aromatic heterocycles. The molecule has 0 radical (unpaired) electrons. The quantitative estimate of drug-likeness (QED) is 0.599. The Balaban J connectivity index is 2.66. The second-order valence-corrected chi connectivity index (χ2v) is 5.32. The lowest BCUT2D eigenvalue weighted by molar-refractivity contribution is -0.140. The Morgan fingerprint density at radius 1 is 1.30 bits per heavy atom. The molecule has 1 saturated carbocycles. The highest BCUT2D eigenvalue weighted by molar-refractivity contribution is 5.76. The van der Waals surface area contributed by atoms with E-state index in [0.717, 1.165) is 32.1 Å². The molecule has 5 heteroatoms. The monoisotopic (exact) mass is 280 g/mol. The number of carboxylic acid groups (broad SMARTS) is 1. The molecule has 0 unspecified atom stereocenters. The normalized spacial score (nSPS) is 16.7. The molecule has 1 rings (SSSR count). The molecule has 0 atom stereocenters. The Bertz CT molecular complexity index is 403. The second-order valence-electron chi connectivity index (χ2n) is 5.32. The predicted octanol–water partition coefficient (Wildman–Crippen LogP) is 2.22. The number of rotatable bonds is 5. The Morgan fingerprint density at radius 3 is 2.50 bits per heavy atom. The first-order valence-corrected chi connectivity index (χ1v) is 7.15. The smallest absolute Gasteiger partial charge is 0.317 e. The molecule has 5 nitrogen and oxygen atoms in total. The first-order chi connectivity index (χ1) is 9.52. The maximum atomic E-state index is 12.2. The first kappa shape index (κ1) is 16.4. The highest BCUT2D eigenvalue weighted by Gasteiger charge is 2.40. The van der Waals surface area contributed by atoms with E-state index in [1.54, 1.807) is 18.9 Å². The summed E-state index contributed by atoms with van der Waals surface area (Å²) in [6.45, 7) is 2.25. The fraction of sp³-hybridized carbons (Fsp3) is 0.733. The third-order valence-corrected chi connectivity index (χ3v) is 3.98. The van der Waals surface area contributed by atoms with Crippen molar-refractivity contribution in [3.63, 3.8) is 0 Å². The molecule has 0 aliphatic heterocycles. The summed E-state index contributed by atoms with van der Waals surface area (Å²) in [7, 11) is 1.70. The van der Waals surface area contributed by atoms with Gasteiger partial charge in [-0.1, -0.05) is 19.3 Å². The van der Waals surface area contributed by atoms with Crippen LogP contribution in [0.4, 0.5) is 4.79 Å². The van der Waals surface area contributed by atoms with Crippen molar-refractivity contribution in [2.45, 2.75) is 57.4 Å². The van der Waals surface area contributed by atoms with Crippen LogP contribution in [-0.2, 0) is 4.79 Å². The van der Waals surface area contributed by atoms with E-state index < -0.39 is 11.5 Å². The number of urea groups is 1. The molecule has 0 aromatic carbocycles. The fourth-order valence-corrected chi connectivity index (χ4v) is 2.81. The molecule has 2 N–H and O–H groups in total. The third kappa shape index (κ3) is 4.44. The molecule has 0 saturated heterocycles. The van der Waals surface area contributed by atoms with Crippen molar-refractivity contribution in [3.05, 3.63) is 0 Å². The molecule has 1 aliphatic carbocycles. The average molecular weight is 280 g/mol. The van der Waals surface area contributed by atoms with Gasteiger partial charge in [-0.05, 0) is 19.8 Å². The zero-order chi connectivity index (χ0) is 15.0. The van der Waals surface area contributed by atoms with Gasteiger partial charge >= 0.3 is 12.0 Å². The van der Waals surface area contributed by atoms with Crippen LogP contribution in [0.15, 0.2) is 0 Å². The summed E-state index contributed by atoms with van der Waals surface area (Å²) in [6, 6.07) is -0.203. The molecule has 0 heterocycles. The summed E-state index contributed by atoms with van der Waals surface area (Å²) in [4.78, 5) is 24.9. The van der Waals surface area contributed by atoms with Gasteiger partial charge in [-0.25, -0.2) is 4.79 Å². The molecule has 1 aliphatic rings. The van der Waals surface area contributed by atoms with Gasteiger partial charge in [-0.3, -0.25) is 4.79 Å². The van der Waals surface area contributed by atoms with E-state index in [4.69, 9.17) is 5.11 Å². The maximum absolute atomic E-state index is 12.2. The van der Waals surface area contributed by atoms with Gasteiger partial charge in [-0.2, -0.15) is 0 Å². The lowest BCUT2D eigenvalue weighted by Crippen LogP contribution is -2.55. The molecular weight excluding hydrogens is 256 g/mol. The van der Waals surface area contributed by atoms with Crippen molar-refractivity contribution >= 4 is 12.0 Å². The Kier molecular flexibility index (Phi) is 6.37. The van der Waals surface area contributed by atoms with Crippen LogP contribution in [0.5, 0.6) is 0 Å². The summed E-state index contributed by atoms with van der Waals surface area (Å²) < 4.78 is 0. The average Bonchev–Trinajstić information content (AvgIpc) is 2.42. The number of carbonyl (C=O) groups is 2. The van der Waals surface area contributed by atoms with Crippen LogP contribution in [-0.4, -0.2) is 41.1 Å². The number of carbonyl (C=O) groups excluding carboxylic acids is 1. The van der Waals surface area contributed by atoms with E-state index in [1.165, 1.54) is 0 Å². The minimum Gasteiger partial charge on any atom is -0.481 e. The maximum Gasteiger partial charge on any atom is 0.317 e. The zero-order valence-corrected chi connectivity index (χ0v) is 12.4. The van der Waals surface area contributed by atoms with Crippen LogP contribution in [0.3, 0.4) is 0 Å². The molecule has 1 fully saturated rings. The second kappa shape index (κ2) is 7.78. The third-order valence-electron chi connectivity index (χ3n) is 3.98. The highest BCUT2D eigenvalue weighted by Crippen LogP contribution is 2.35. The zero-order valence-electron chi connectivity index (χ0n) is 12.4. The van der Waals surface area contributed by atoms with Crippen molar-refractivity contribution in [1.29, 1.82) is 0 Å². The molecule has 20 heavy (non-hydrogen) atoms. The minimum atomic E-state index is -0.844. The summed E-state index contributed by atoms with van der Waals surface area (Å²) in [6.07, 6.45) is 5.23. The van der Waals surface area contributed by atoms with Crippen LogP contribution < -0.4 is 5.32 Å². The van der Waals surface area contributed by atoms with Crippen molar-refractivity contribution in [1.82, 2.24) is 10.2 Å². The van der Waals surface area contributed by atoms with Crippen LogP contribution in [0.2, 0.25) is 0 Å². The van der Waals surface area contributed by atoms with Crippen molar-refractivity contribution in [3.8, 4) is 11.8 Å². The van der Waals surface area contributed by atoms with Crippen LogP contribution in [0, 0.1) is 11.8 Å². The van der Waals surface area contributed by atoms with Gasteiger partial charge in [0.1, 0.15) is 0 Å². The van der Waals surface area contributed by atoms with E-state index in [1.807, 2.05) is 0 Å². The Hall–Kier alpha value is -1.70. The lowest BCUT2D eigenvalue weighted by Gasteiger charge is -2.43. The van der Waals surface area contributed by atoms with Crippen LogP contribution in [0.1, 0.15) is 51.9 Å². The number of aliphatic carboxylic acids is 1. The number of amides is 2. The van der Waals surface area contributed by atoms with E-state index in [2.05, 4.69) is 17.2 Å². The van der Waals surface area contributed by atoms with Gasteiger partial charge in [0.2, 0.25) is 0 Å². The van der Waals surface area contributed by atoms with Gasteiger partial charge < -0.3 is 15.3 Å². The van der Waals surface area contributed by atoms with Gasteiger partial charge in [0.05, 0.1) is 12.0 Å². The summed E-state index contributed by atoms with van der Waals surface area (Å²) in [5.41, 5.74) is -0.537. The number of carboxylic acids is 1. The summed E-state index contributed by atoms with van der Waals surface area (Å²) in [5, 5.41) is 11.9. The van der Waals surface area contributed by atoms with Gasteiger partial charge in [0.15, 0.2) is 0 Å². The minimum absolute atomic E-state index is 0.0195. The summed E-state index contributed by atoms with van der Waals surface area (Å²) >= 11 is 0. The summed E-state index contributed by atoms with van der Waals surface area (Å²) in [5.74, 6) is 4.82. The van der Waals surface area contributed by atoms with Gasteiger partial charge in [0.25, 0.3) is 0 Å². The van der Waals surface area contributed by atoms with Gasteiger partial charge in [-0.15, -0.1) is 11.8 Å². The topological polar surface area (TPSA) is 69.6 Å². The number of hydrogen-bond acceptors (Lipinski definition) is 2. The SMILES string of the molecule is CC#CCCNC(=O)N(C)C1(CC(=O)O)CCCCC1. The highest BCUT2D eigenvalue weighted by atomic mass is 16.4. The molecule has 0 aromatic rings. The number of hydrogen-bond donors (Lipinski definition) is 2. The predicted molar refractivity (Wildman–Crippen MR) is 77.3 cm³/mol. The van der Waals surface area contributed by atoms with Crippen molar-refractivity contribution in [2.75, 3.05) is 13.6 Å². The van der Waals surface area contributed by atoms with E-state index >= 15 is 0 Å². The van der Waals surface area contributed by atoms with Crippen LogP contribution >= 0.6 is 0 Å². The number of nitrogens with zero attached hydrogens (tertiary/aromatic N) is 1. The fourth-order valence-electron chi connectivity index (χ4n) is 2.81. The van der Waals surface area contributed by atoms with Crippen molar-refractivity contribution in [2.24, 2.45) is 0 Å².